The van der Waals surface area contributed by atoms with Crippen LogP contribution in [0.2, 0.25) is 0 Å². The van der Waals surface area contributed by atoms with Gasteiger partial charge in [-0.3, -0.25) is 0 Å². The van der Waals surface area contributed by atoms with Gasteiger partial charge in [-0.1, -0.05) is 206 Å². The van der Waals surface area contributed by atoms with Gasteiger partial charge in [0.2, 0.25) is 0 Å². The molecule has 1 aliphatic carbocycles. The third kappa shape index (κ3) is 10.4. The molecule has 0 fully saturated rings. The highest BCUT2D eigenvalue weighted by Crippen LogP contribution is 2.56. The van der Waals surface area contributed by atoms with Gasteiger partial charge in [-0.2, -0.15) is 0 Å². The molecule has 0 bridgehead atoms. The quantitative estimate of drug-likeness (QED) is 0.0670. The monoisotopic (exact) mass is 788 g/mol. The number of benzene rings is 5. The minimum Gasteiger partial charge on any atom is -0.311 e. The summed E-state index contributed by atoms with van der Waals surface area (Å²) >= 11 is 0. The maximum Gasteiger partial charge on any atom is 0.0462 e. The Morgan fingerprint density at radius 1 is 0.475 bits per heavy atom. The van der Waals surface area contributed by atoms with Gasteiger partial charge in [-0.25, -0.2) is 0 Å². The fourth-order valence-electron chi connectivity index (χ4n) is 9.67. The summed E-state index contributed by atoms with van der Waals surface area (Å²) in [4.78, 5) is 2.42. The third-order valence-corrected chi connectivity index (χ3v) is 13.8. The predicted octanol–water partition coefficient (Wildman–Crippen LogP) is 18.5. The molecule has 1 aliphatic rings. The summed E-state index contributed by atoms with van der Waals surface area (Å²) in [7, 11) is 0. The van der Waals surface area contributed by atoms with Crippen molar-refractivity contribution >= 4 is 17.1 Å². The average molecular weight is 788 g/mol. The molecule has 0 radical (unpaired) electrons. The van der Waals surface area contributed by atoms with E-state index in [0.717, 1.165) is 6.42 Å². The van der Waals surface area contributed by atoms with Crippen LogP contribution in [0.5, 0.6) is 0 Å². The lowest BCUT2D eigenvalue weighted by Gasteiger charge is -2.34. The summed E-state index contributed by atoms with van der Waals surface area (Å²) in [5, 5.41) is 0. The Kier molecular flexibility index (Phi) is 15.4. The van der Waals surface area contributed by atoms with Gasteiger partial charge in [0.25, 0.3) is 0 Å². The van der Waals surface area contributed by atoms with Crippen LogP contribution in [0.1, 0.15) is 198 Å². The van der Waals surface area contributed by atoms with Crippen LogP contribution < -0.4 is 4.90 Å². The van der Waals surface area contributed by atoms with E-state index in [1.54, 1.807) is 11.1 Å². The maximum absolute atomic E-state index is 2.63. The van der Waals surface area contributed by atoms with Gasteiger partial charge in [-0.15, -0.1) is 0 Å². The number of anilines is 3. The second kappa shape index (κ2) is 20.4. The SMILES string of the molecule is CCCCCCCCC1(CCCCCCCC)c2cc(-c3ccc(N(c4ccc(C(C)C)cc4)c4ccc(C(C)CC)cc4)cc3)ccc2-c2ccc(C(C)(C)C)cc21. The van der Waals surface area contributed by atoms with Crippen LogP contribution in [-0.4, -0.2) is 0 Å². The van der Waals surface area contributed by atoms with Crippen molar-refractivity contribution in [3.63, 3.8) is 0 Å². The molecular formula is C58H77N. The van der Waals surface area contributed by atoms with E-state index in [9.17, 15) is 0 Å². The average Bonchev–Trinajstić information content (AvgIpc) is 3.51. The predicted molar refractivity (Wildman–Crippen MR) is 260 cm³/mol. The molecule has 0 aliphatic heterocycles. The standard InChI is InChI=1S/C58H77N/c1-10-13-15-17-19-21-39-58(40-22-20-18-16-14-11-2)55-41-48(29-37-53(55)54-38-30-49(42-56(54)58)57(7,8)9)47-27-35-52(36-28-47)59(50-31-23-45(24-32-50)43(4)5)51-33-25-46(26-34-51)44(6)12-3/h23-38,41-44H,10-22,39-40H2,1-9H3. The normalized spacial score (nSPS) is 13.7. The lowest BCUT2D eigenvalue weighted by Crippen LogP contribution is -2.26. The zero-order valence-electron chi connectivity index (χ0n) is 38.6. The third-order valence-electron chi connectivity index (χ3n) is 13.8. The number of rotatable bonds is 21. The number of nitrogens with zero attached hydrogens (tertiary/aromatic N) is 1. The van der Waals surface area contributed by atoms with Crippen molar-refractivity contribution in [3.05, 3.63) is 137 Å². The lowest BCUT2D eigenvalue weighted by atomic mass is 9.69. The Labute approximate surface area is 361 Å². The molecule has 0 heterocycles. The van der Waals surface area contributed by atoms with Crippen molar-refractivity contribution in [3.8, 4) is 22.3 Å². The van der Waals surface area contributed by atoms with E-state index in [-0.39, 0.29) is 10.8 Å². The molecule has 6 rings (SSSR count). The van der Waals surface area contributed by atoms with Gasteiger partial charge in [-0.05, 0) is 129 Å². The van der Waals surface area contributed by atoms with Crippen molar-refractivity contribution < 1.29 is 0 Å². The highest BCUT2D eigenvalue weighted by atomic mass is 15.1. The molecule has 1 atom stereocenters. The molecule has 0 N–H and O–H groups in total. The first-order chi connectivity index (χ1) is 28.5. The van der Waals surface area contributed by atoms with E-state index >= 15 is 0 Å². The van der Waals surface area contributed by atoms with E-state index in [0.29, 0.717) is 11.8 Å². The first-order valence-corrected chi connectivity index (χ1v) is 23.9. The first-order valence-electron chi connectivity index (χ1n) is 23.9. The molecule has 0 saturated heterocycles. The molecule has 0 amide bonds. The largest absolute Gasteiger partial charge is 0.311 e. The summed E-state index contributed by atoms with van der Waals surface area (Å²) in [5.41, 5.74) is 16.7. The van der Waals surface area contributed by atoms with Crippen LogP contribution in [0.4, 0.5) is 17.1 Å². The van der Waals surface area contributed by atoms with E-state index in [4.69, 9.17) is 0 Å². The number of hydrogen-bond acceptors (Lipinski definition) is 1. The Morgan fingerprint density at radius 3 is 1.41 bits per heavy atom. The van der Waals surface area contributed by atoms with Crippen LogP contribution in [0, 0.1) is 0 Å². The van der Waals surface area contributed by atoms with Crippen LogP contribution in [0.15, 0.2) is 109 Å². The zero-order valence-corrected chi connectivity index (χ0v) is 38.6. The fourth-order valence-corrected chi connectivity index (χ4v) is 9.67. The summed E-state index contributed by atoms with van der Waals surface area (Å²) in [6.07, 6.45) is 19.7. The highest BCUT2D eigenvalue weighted by Gasteiger charge is 2.43. The molecule has 1 heteroatoms. The van der Waals surface area contributed by atoms with E-state index in [1.165, 1.54) is 146 Å². The number of unbranched alkanes of at least 4 members (excludes halogenated alkanes) is 10. The smallest absolute Gasteiger partial charge is 0.0462 e. The Balaban J connectivity index is 1.39. The molecule has 1 unspecified atom stereocenters. The van der Waals surface area contributed by atoms with Crippen molar-refractivity contribution in [1.29, 1.82) is 0 Å². The Bertz CT molecular complexity index is 2020. The van der Waals surface area contributed by atoms with E-state index < -0.39 is 0 Å². The van der Waals surface area contributed by atoms with Crippen molar-refractivity contribution in [2.24, 2.45) is 0 Å². The van der Waals surface area contributed by atoms with Gasteiger partial charge in [0.1, 0.15) is 0 Å². The first kappa shape index (κ1) is 44.5. The molecule has 5 aromatic rings. The summed E-state index contributed by atoms with van der Waals surface area (Å²) in [5.74, 6) is 1.06. The maximum atomic E-state index is 2.63. The van der Waals surface area contributed by atoms with Gasteiger partial charge in [0.15, 0.2) is 0 Å². The lowest BCUT2D eigenvalue weighted by molar-refractivity contribution is 0.397. The molecule has 1 nitrogen and oxygen atoms in total. The molecule has 5 aromatic carbocycles. The van der Waals surface area contributed by atoms with Gasteiger partial charge in [0, 0.05) is 22.5 Å². The minimum absolute atomic E-state index is 0.0533. The van der Waals surface area contributed by atoms with Crippen LogP contribution in [0.3, 0.4) is 0 Å². The Hall–Kier alpha value is -4.10. The summed E-state index contributed by atoms with van der Waals surface area (Å²) < 4.78 is 0. The Morgan fingerprint density at radius 2 is 0.915 bits per heavy atom. The highest BCUT2D eigenvalue weighted by molar-refractivity contribution is 5.85. The fraction of sp³-hybridized carbons (Fsp3) is 0.483. The number of hydrogen-bond donors (Lipinski definition) is 0. The molecule has 0 spiro atoms. The zero-order chi connectivity index (χ0) is 42.0. The minimum atomic E-state index is 0.0533. The van der Waals surface area contributed by atoms with Crippen LogP contribution in [0.25, 0.3) is 22.3 Å². The van der Waals surface area contributed by atoms with E-state index in [1.807, 2.05) is 0 Å². The molecule has 314 valence electrons. The summed E-state index contributed by atoms with van der Waals surface area (Å²) in [6, 6.07) is 42.9. The van der Waals surface area contributed by atoms with Gasteiger partial charge in [0.05, 0.1) is 0 Å². The van der Waals surface area contributed by atoms with Crippen molar-refractivity contribution in [2.45, 2.75) is 181 Å². The topological polar surface area (TPSA) is 3.24 Å². The van der Waals surface area contributed by atoms with E-state index in [2.05, 4.69) is 176 Å². The molecule has 59 heavy (non-hydrogen) atoms. The number of fused-ring (bicyclic) bond motifs is 3. The second-order valence-electron chi connectivity index (χ2n) is 19.4. The van der Waals surface area contributed by atoms with Gasteiger partial charge >= 0.3 is 0 Å². The van der Waals surface area contributed by atoms with Crippen LogP contribution in [-0.2, 0) is 10.8 Å². The molecule has 0 aromatic heterocycles. The molecular weight excluding hydrogens is 711 g/mol. The van der Waals surface area contributed by atoms with Gasteiger partial charge < -0.3 is 4.90 Å². The van der Waals surface area contributed by atoms with Crippen molar-refractivity contribution in [1.82, 2.24) is 0 Å². The van der Waals surface area contributed by atoms with Crippen molar-refractivity contribution in [2.75, 3.05) is 4.90 Å². The van der Waals surface area contributed by atoms with Crippen LogP contribution >= 0.6 is 0 Å². The second-order valence-corrected chi connectivity index (χ2v) is 19.4. The molecule has 0 saturated carbocycles. The summed E-state index contributed by atoms with van der Waals surface area (Å²) in [6.45, 7) is 20.9.